The molecule has 0 fully saturated rings. The summed E-state index contributed by atoms with van der Waals surface area (Å²) in [5.74, 6) is 0.785. The van der Waals surface area contributed by atoms with E-state index in [0.29, 0.717) is 11.6 Å². The maximum atomic E-state index is 5.92. The topological polar surface area (TPSA) is 38.5 Å². The number of thiocarbonyl (C=S) groups is 1. The van der Waals surface area contributed by atoms with Crippen LogP contribution < -0.4 is 10.5 Å². The van der Waals surface area contributed by atoms with E-state index in [2.05, 4.69) is 18.0 Å². The Kier molecular flexibility index (Phi) is 5.99. The molecule has 21 heavy (non-hydrogen) atoms. The van der Waals surface area contributed by atoms with Crippen molar-refractivity contribution in [1.29, 1.82) is 0 Å². The van der Waals surface area contributed by atoms with Crippen LogP contribution in [0.5, 0.6) is 5.75 Å². The average molecular weight is 341 g/mol. The van der Waals surface area contributed by atoms with Crippen LogP contribution in [-0.4, -0.2) is 30.1 Å². The van der Waals surface area contributed by atoms with Crippen LogP contribution in [0.1, 0.15) is 10.4 Å². The molecule has 0 atom stereocenters. The fraction of sp³-hybridized carbons (Fsp3) is 0.267. The summed E-state index contributed by atoms with van der Waals surface area (Å²) >= 11 is 12.5. The summed E-state index contributed by atoms with van der Waals surface area (Å²) in [5.41, 5.74) is 6.43. The molecule has 1 aromatic heterocycles. The number of ether oxygens (including phenoxy) is 1. The van der Waals surface area contributed by atoms with Gasteiger partial charge in [0.25, 0.3) is 0 Å². The number of halogens is 1. The third kappa shape index (κ3) is 5.28. The summed E-state index contributed by atoms with van der Waals surface area (Å²) < 4.78 is 6.55. The summed E-state index contributed by atoms with van der Waals surface area (Å²) in [6.07, 6.45) is 0. The smallest absolute Gasteiger partial charge is 0.120 e. The minimum atomic E-state index is 0.382. The molecule has 0 saturated carbocycles. The maximum Gasteiger partial charge on any atom is 0.120 e. The Morgan fingerprint density at radius 3 is 2.86 bits per heavy atom. The summed E-state index contributed by atoms with van der Waals surface area (Å²) in [7, 11) is 2.06. The predicted molar refractivity (Wildman–Crippen MR) is 93.5 cm³/mol. The zero-order valence-electron chi connectivity index (χ0n) is 11.7. The van der Waals surface area contributed by atoms with Crippen LogP contribution in [0.25, 0.3) is 0 Å². The van der Waals surface area contributed by atoms with E-state index in [1.807, 2.05) is 30.3 Å². The van der Waals surface area contributed by atoms with Gasteiger partial charge in [0.15, 0.2) is 0 Å². The predicted octanol–water partition coefficient (Wildman–Crippen LogP) is 3.55. The molecule has 0 amide bonds. The number of rotatable bonds is 7. The van der Waals surface area contributed by atoms with Crippen LogP contribution in [-0.2, 0) is 6.54 Å². The zero-order valence-corrected chi connectivity index (χ0v) is 14.1. The van der Waals surface area contributed by atoms with Gasteiger partial charge in [-0.25, -0.2) is 0 Å². The van der Waals surface area contributed by atoms with Crippen molar-refractivity contribution in [2.24, 2.45) is 5.73 Å². The monoisotopic (exact) mass is 340 g/mol. The van der Waals surface area contributed by atoms with Crippen molar-refractivity contribution in [3.05, 3.63) is 51.2 Å². The standard InChI is InChI=1S/C15H17ClN2OS2/c1-18(10-13-5-6-14(16)21-13)7-8-19-12-4-2-3-11(9-12)15(17)20/h2-6,9H,7-8,10H2,1H3,(H2,17,20). The average Bonchev–Trinajstić information content (AvgIpc) is 2.84. The summed E-state index contributed by atoms with van der Waals surface area (Å²) in [4.78, 5) is 3.82. The molecular weight excluding hydrogens is 324 g/mol. The number of benzene rings is 1. The van der Waals surface area contributed by atoms with Gasteiger partial charge < -0.3 is 10.5 Å². The second-order valence-electron chi connectivity index (χ2n) is 4.68. The van der Waals surface area contributed by atoms with E-state index < -0.39 is 0 Å². The summed E-state index contributed by atoms with van der Waals surface area (Å²) in [5, 5.41) is 0. The minimum absolute atomic E-state index is 0.382. The highest BCUT2D eigenvalue weighted by molar-refractivity contribution is 7.80. The Balaban J connectivity index is 1.78. The van der Waals surface area contributed by atoms with Crippen molar-refractivity contribution in [2.45, 2.75) is 6.54 Å². The van der Waals surface area contributed by atoms with Gasteiger partial charge in [0, 0.05) is 23.5 Å². The second-order valence-corrected chi connectivity index (χ2v) is 6.92. The van der Waals surface area contributed by atoms with Crippen molar-refractivity contribution in [2.75, 3.05) is 20.2 Å². The van der Waals surface area contributed by atoms with E-state index in [-0.39, 0.29) is 0 Å². The van der Waals surface area contributed by atoms with Crippen LogP contribution in [0.4, 0.5) is 0 Å². The van der Waals surface area contributed by atoms with Crippen molar-refractivity contribution in [3.8, 4) is 5.75 Å². The lowest BCUT2D eigenvalue weighted by Crippen LogP contribution is -2.23. The molecule has 0 unspecified atom stereocenters. The van der Waals surface area contributed by atoms with Gasteiger partial charge in [-0.15, -0.1) is 11.3 Å². The SMILES string of the molecule is CN(CCOc1cccc(C(N)=S)c1)Cc1ccc(Cl)s1. The fourth-order valence-corrected chi connectivity index (χ4v) is 3.14. The molecular formula is C15H17ClN2OS2. The van der Waals surface area contributed by atoms with Gasteiger partial charge in [-0.1, -0.05) is 36.0 Å². The quantitative estimate of drug-likeness (QED) is 0.782. The van der Waals surface area contributed by atoms with E-state index in [9.17, 15) is 0 Å². The normalized spacial score (nSPS) is 10.8. The molecule has 0 bridgehead atoms. The first-order chi connectivity index (χ1) is 10.0. The van der Waals surface area contributed by atoms with Crippen molar-refractivity contribution >= 4 is 40.1 Å². The molecule has 0 aliphatic heterocycles. The van der Waals surface area contributed by atoms with Crippen LogP contribution in [0.2, 0.25) is 4.34 Å². The Morgan fingerprint density at radius 2 is 2.19 bits per heavy atom. The van der Waals surface area contributed by atoms with Crippen LogP contribution in [0, 0.1) is 0 Å². The Bertz CT molecular complexity index is 615. The lowest BCUT2D eigenvalue weighted by atomic mass is 10.2. The van der Waals surface area contributed by atoms with E-state index >= 15 is 0 Å². The molecule has 0 aliphatic rings. The lowest BCUT2D eigenvalue weighted by Gasteiger charge is -2.16. The number of nitrogens with zero attached hydrogens (tertiary/aromatic N) is 1. The largest absolute Gasteiger partial charge is 0.492 e. The molecule has 0 saturated heterocycles. The van der Waals surface area contributed by atoms with Crippen LogP contribution in [0.15, 0.2) is 36.4 Å². The molecule has 6 heteroatoms. The van der Waals surface area contributed by atoms with Crippen molar-refractivity contribution < 1.29 is 4.74 Å². The van der Waals surface area contributed by atoms with Crippen molar-refractivity contribution in [1.82, 2.24) is 4.90 Å². The highest BCUT2D eigenvalue weighted by Gasteiger charge is 2.04. The Hall–Kier alpha value is -1.14. The number of thiophene rings is 1. The van der Waals surface area contributed by atoms with Gasteiger partial charge in [-0.3, -0.25) is 4.90 Å². The third-order valence-corrected chi connectivity index (χ3v) is 4.37. The first-order valence-corrected chi connectivity index (χ1v) is 8.10. The number of hydrogen-bond donors (Lipinski definition) is 1. The summed E-state index contributed by atoms with van der Waals surface area (Å²) in [6, 6.07) is 11.5. The van der Waals surface area contributed by atoms with Crippen molar-refractivity contribution in [3.63, 3.8) is 0 Å². The first kappa shape index (κ1) is 16.2. The van der Waals surface area contributed by atoms with E-state index in [4.69, 9.17) is 34.3 Å². The number of hydrogen-bond acceptors (Lipinski definition) is 4. The van der Waals surface area contributed by atoms with Gasteiger partial charge in [0.05, 0.1) is 4.34 Å². The lowest BCUT2D eigenvalue weighted by molar-refractivity contribution is 0.234. The first-order valence-electron chi connectivity index (χ1n) is 6.50. The molecule has 3 nitrogen and oxygen atoms in total. The molecule has 1 heterocycles. The molecule has 112 valence electrons. The van der Waals surface area contributed by atoms with Crippen LogP contribution in [0.3, 0.4) is 0 Å². The molecule has 2 N–H and O–H groups in total. The van der Waals surface area contributed by atoms with Gasteiger partial charge in [0.2, 0.25) is 0 Å². The zero-order chi connectivity index (χ0) is 15.2. The molecule has 2 rings (SSSR count). The minimum Gasteiger partial charge on any atom is -0.492 e. The second kappa shape index (κ2) is 7.75. The van der Waals surface area contributed by atoms with Gasteiger partial charge in [0.1, 0.15) is 17.3 Å². The molecule has 0 radical (unpaired) electrons. The third-order valence-electron chi connectivity index (χ3n) is 2.91. The van der Waals surface area contributed by atoms with Gasteiger partial charge >= 0.3 is 0 Å². The fourth-order valence-electron chi connectivity index (χ4n) is 1.84. The Morgan fingerprint density at radius 1 is 1.38 bits per heavy atom. The molecule has 2 aromatic rings. The van der Waals surface area contributed by atoms with Crippen LogP contribution >= 0.6 is 35.2 Å². The Labute approximate surface area is 139 Å². The van der Waals surface area contributed by atoms with Gasteiger partial charge in [-0.05, 0) is 31.3 Å². The summed E-state index contributed by atoms with van der Waals surface area (Å²) in [6.45, 7) is 2.30. The van der Waals surface area contributed by atoms with E-state index in [0.717, 1.165) is 28.7 Å². The van der Waals surface area contributed by atoms with E-state index in [1.165, 1.54) is 4.88 Å². The number of likely N-dealkylation sites (N-methyl/N-ethyl adjacent to an activating group) is 1. The van der Waals surface area contributed by atoms with Gasteiger partial charge in [-0.2, -0.15) is 0 Å². The molecule has 1 aromatic carbocycles. The molecule has 0 aliphatic carbocycles. The highest BCUT2D eigenvalue weighted by Crippen LogP contribution is 2.22. The highest BCUT2D eigenvalue weighted by atomic mass is 35.5. The number of nitrogens with two attached hydrogens (primary N) is 1. The maximum absolute atomic E-state index is 5.92. The molecule has 0 spiro atoms. The van der Waals surface area contributed by atoms with E-state index in [1.54, 1.807) is 11.3 Å².